The van der Waals surface area contributed by atoms with Crippen LogP contribution >= 0.6 is 0 Å². The van der Waals surface area contributed by atoms with E-state index in [0.717, 1.165) is 12.3 Å². The third-order valence-corrected chi connectivity index (χ3v) is 2.97. The Morgan fingerprint density at radius 1 is 1.69 bits per heavy atom. The van der Waals surface area contributed by atoms with Gasteiger partial charge in [-0.05, 0) is 12.3 Å². The molecular weight excluding hydrogens is 162 g/mol. The van der Waals surface area contributed by atoms with E-state index in [9.17, 15) is 0 Å². The number of nitrogens with two attached hydrogens (primary N) is 1. The van der Waals surface area contributed by atoms with Crippen molar-refractivity contribution in [3.63, 3.8) is 0 Å². The molecule has 1 atom stereocenters. The number of hydrogen-bond acceptors (Lipinski definition) is 2. The molecule has 3 nitrogen and oxygen atoms in total. The summed E-state index contributed by atoms with van der Waals surface area (Å²) in [7, 11) is 1.93. The van der Waals surface area contributed by atoms with Crippen molar-refractivity contribution in [2.24, 2.45) is 18.7 Å². The number of rotatable bonds is 3. The molecule has 1 aliphatic rings. The van der Waals surface area contributed by atoms with Gasteiger partial charge in [0.15, 0.2) is 0 Å². The van der Waals surface area contributed by atoms with E-state index in [1.165, 1.54) is 24.8 Å². The van der Waals surface area contributed by atoms with Gasteiger partial charge in [-0.1, -0.05) is 19.3 Å². The highest BCUT2D eigenvalue weighted by atomic mass is 15.2. The van der Waals surface area contributed by atoms with Gasteiger partial charge in [-0.2, -0.15) is 5.10 Å². The summed E-state index contributed by atoms with van der Waals surface area (Å²) in [5.41, 5.74) is 7.24. The zero-order valence-corrected chi connectivity index (χ0v) is 8.11. The van der Waals surface area contributed by atoms with Crippen LogP contribution in [0.2, 0.25) is 0 Å². The van der Waals surface area contributed by atoms with Crippen LogP contribution in [-0.2, 0) is 7.05 Å². The third-order valence-electron chi connectivity index (χ3n) is 2.97. The number of hydrogen-bond donors (Lipinski definition) is 1. The molecule has 1 aliphatic carbocycles. The maximum Gasteiger partial charge on any atom is 0.0537 e. The molecule has 3 heteroatoms. The van der Waals surface area contributed by atoms with Gasteiger partial charge in [0.1, 0.15) is 0 Å². The lowest BCUT2D eigenvalue weighted by molar-refractivity contribution is 0.277. The van der Waals surface area contributed by atoms with Gasteiger partial charge in [-0.15, -0.1) is 0 Å². The fourth-order valence-corrected chi connectivity index (χ4v) is 1.86. The molecule has 0 aromatic carbocycles. The average Bonchev–Trinajstić information content (AvgIpc) is 2.44. The van der Waals surface area contributed by atoms with Crippen LogP contribution in [0.5, 0.6) is 0 Å². The lowest BCUT2D eigenvalue weighted by Gasteiger charge is -2.27. The van der Waals surface area contributed by atoms with E-state index < -0.39 is 0 Å². The first kappa shape index (κ1) is 8.75. The summed E-state index contributed by atoms with van der Waals surface area (Å²) in [6.45, 7) is 0. The Bertz CT molecular complexity index is 275. The van der Waals surface area contributed by atoms with Crippen LogP contribution in [0.3, 0.4) is 0 Å². The normalized spacial score (nSPS) is 19.8. The van der Waals surface area contributed by atoms with Gasteiger partial charge in [-0.3, -0.25) is 4.68 Å². The van der Waals surface area contributed by atoms with Gasteiger partial charge in [-0.25, -0.2) is 0 Å². The predicted molar refractivity (Wildman–Crippen MR) is 52.1 cm³/mol. The van der Waals surface area contributed by atoms with Crippen molar-refractivity contribution in [1.29, 1.82) is 0 Å². The topological polar surface area (TPSA) is 43.8 Å². The Kier molecular flexibility index (Phi) is 2.36. The van der Waals surface area contributed by atoms with Gasteiger partial charge >= 0.3 is 0 Å². The Labute approximate surface area is 78.9 Å². The van der Waals surface area contributed by atoms with Crippen LogP contribution in [0, 0.1) is 5.92 Å². The summed E-state index contributed by atoms with van der Waals surface area (Å²) >= 11 is 0. The van der Waals surface area contributed by atoms with Crippen LogP contribution < -0.4 is 5.73 Å². The molecule has 1 fully saturated rings. The maximum absolute atomic E-state index is 6.07. The zero-order valence-electron chi connectivity index (χ0n) is 8.11. The molecule has 0 saturated heterocycles. The molecule has 13 heavy (non-hydrogen) atoms. The molecular formula is C10H17N3. The molecule has 0 spiro atoms. The average molecular weight is 179 g/mol. The van der Waals surface area contributed by atoms with Crippen molar-refractivity contribution >= 4 is 0 Å². The van der Waals surface area contributed by atoms with Crippen molar-refractivity contribution in [3.05, 3.63) is 18.0 Å². The molecule has 2 rings (SSSR count). The highest BCUT2D eigenvalue weighted by Crippen LogP contribution is 2.33. The second kappa shape index (κ2) is 3.50. The van der Waals surface area contributed by atoms with Gasteiger partial charge in [0.25, 0.3) is 0 Å². The van der Waals surface area contributed by atoms with Gasteiger partial charge in [0, 0.05) is 24.8 Å². The van der Waals surface area contributed by atoms with E-state index in [1.807, 2.05) is 24.1 Å². The Hall–Kier alpha value is -0.830. The first-order valence-electron chi connectivity index (χ1n) is 5.00. The van der Waals surface area contributed by atoms with Crippen molar-refractivity contribution in [2.75, 3.05) is 0 Å². The number of nitrogens with zero attached hydrogens (tertiary/aromatic N) is 2. The van der Waals surface area contributed by atoms with Crippen molar-refractivity contribution < 1.29 is 0 Å². The molecule has 1 saturated carbocycles. The Morgan fingerprint density at radius 2 is 2.46 bits per heavy atom. The van der Waals surface area contributed by atoms with Crippen molar-refractivity contribution in [3.8, 4) is 0 Å². The van der Waals surface area contributed by atoms with Gasteiger partial charge < -0.3 is 5.73 Å². The number of aromatic nitrogens is 2. The standard InChI is InChI=1S/C10H17N3/c1-13-7-9(6-12-13)10(11)5-8-3-2-4-8/h6-8,10H,2-5,11H2,1H3. The fourth-order valence-electron chi connectivity index (χ4n) is 1.86. The summed E-state index contributed by atoms with van der Waals surface area (Å²) < 4.78 is 1.82. The van der Waals surface area contributed by atoms with Crippen molar-refractivity contribution in [1.82, 2.24) is 9.78 Å². The first-order chi connectivity index (χ1) is 6.25. The molecule has 0 amide bonds. The highest BCUT2D eigenvalue weighted by Gasteiger charge is 2.21. The highest BCUT2D eigenvalue weighted by molar-refractivity contribution is 5.09. The first-order valence-corrected chi connectivity index (χ1v) is 5.00. The molecule has 0 aliphatic heterocycles. The summed E-state index contributed by atoms with van der Waals surface area (Å²) in [5, 5.41) is 4.13. The molecule has 2 N–H and O–H groups in total. The zero-order chi connectivity index (χ0) is 9.26. The molecule has 72 valence electrons. The Morgan fingerprint density at radius 3 is 2.92 bits per heavy atom. The van der Waals surface area contributed by atoms with Crippen LogP contribution in [-0.4, -0.2) is 9.78 Å². The summed E-state index contributed by atoms with van der Waals surface area (Å²) in [5.74, 6) is 0.871. The van der Waals surface area contributed by atoms with E-state index in [2.05, 4.69) is 5.10 Å². The van der Waals surface area contributed by atoms with Gasteiger partial charge in [0.05, 0.1) is 6.20 Å². The van der Waals surface area contributed by atoms with E-state index >= 15 is 0 Å². The van der Waals surface area contributed by atoms with Crippen LogP contribution in [0.25, 0.3) is 0 Å². The Balaban J connectivity index is 1.92. The largest absolute Gasteiger partial charge is 0.324 e. The fraction of sp³-hybridized carbons (Fsp3) is 0.700. The molecule has 1 aromatic heterocycles. The van der Waals surface area contributed by atoms with E-state index in [0.29, 0.717) is 0 Å². The summed E-state index contributed by atoms with van der Waals surface area (Å²) in [4.78, 5) is 0. The van der Waals surface area contributed by atoms with Crippen LogP contribution in [0.15, 0.2) is 12.4 Å². The smallest absolute Gasteiger partial charge is 0.0537 e. The predicted octanol–water partition coefficient (Wildman–Crippen LogP) is 1.61. The molecule has 0 bridgehead atoms. The van der Waals surface area contributed by atoms with E-state index in [1.54, 1.807) is 0 Å². The van der Waals surface area contributed by atoms with Gasteiger partial charge in [0.2, 0.25) is 0 Å². The van der Waals surface area contributed by atoms with Crippen LogP contribution in [0.4, 0.5) is 0 Å². The van der Waals surface area contributed by atoms with Crippen molar-refractivity contribution in [2.45, 2.75) is 31.7 Å². The van der Waals surface area contributed by atoms with Crippen LogP contribution in [0.1, 0.15) is 37.3 Å². The minimum absolute atomic E-state index is 0.194. The summed E-state index contributed by atoms with van der Waals surface area (Å²) in [6, 6.07) is 0.194. The second-order valence-electron chi connectivity index (χ2n) is 4.09. The maximum atomic E-state index is 6.07. The molecule has 0 radical (unpaired) electrons. The lowest BCUT2D eigenvalue weighted by Crippen LogP contribution is -2.19. The summed E-state index contributed by atoms with van der Waals surface area (Å²) in [6.07, 6.45) is 9.16. The minimum Gasteiger partial charge on any atom is -0.324 e. The minimum atomic E-state index is 0.194. The monoisotopic (exact) mass is 179 g/mol. The molecule has 1 unspecified atom stereocenters. The number of aryl methyl sites for hydroxylation is 1. The quantitative estimate of drug-likeness (QED) is 0.766. The van der Waals surface area contributed by atoms with E-state index in [-0.39, 0.29) is 6.04 Å². The third kappa shape index (κ3) is 1.91. The SMILES string of the molecule is Cn1cc(C(N)CC2CCC2)cn1. The van der Waals surface area contributed by atoms with E-state index in [4.69, 9.17) is 5.73 Å². The molecule has 1 aromatic rings. The molecule has 1 heterocycles. The lowest BCUT2D eigenvalue weighted by atomic mass is 9.80. The second-order valence-corrected chi connectivity index (χ2v) is 4.09.